The summed E-state index contributed by atoms with van der Waals surface area (Å²) in [7, 11) is -3.94. The second-order valence-corrected chi connectivity index (χ2v) is 9.21. The molecule has 26 heavy (non-hydrogen) atoms. The number of nitrogens with one attached hydrogen (secondary N) is 1. The molecule has 2 aromatic rings. The zero-order chi connectivity index (χ0) is 18.7. The Hall–Kier alpha value is -1.77. The van der Waals surface area contributed by atoms with Gasteiger partial charge < -0.3 is 5.32 Å². The number of thiophene rings is 1. The lowest BCUT2D eigenvalue weighted by Crippen LogP contribution is -2.36. The maximum atomic E-state index is 14.2. The summed E-state index contributed by atoms with van der Waals surface area (Å²) >= 11 is 1.52. The highest BCUT2D eigenvalue weighted by Gasteiger charge is 2.29. The summed E-state index contributed by atoms with van der Waals surface area (Å²) in [5.74, 6) is -1.26. The Morgan fingerprint density at radius 3 is 2.62 bits per heavy atom. The smallest absolute Gasteiger partial charge is 0.251 e. The van der Waals surface area contributed by atoms with Crippen LogP contribution in [-0.4, -0.2) is 31.7 Å². The number of amides is 1. The third-order valence-corrected chi connectivity index (χ3v) is 7.41. The molecule has 1 amide bonds. The van der Waals surface area contributed by atoms with Gasteiger partial charge in [0.1, 0.15) is 10.7 Å². The summed E-state index contributed by atoms with van der Waals surface area (Å²) in [5.41, 5.74) is 0.130. The van der Waals surface area contributed by atoms with E-state index in [9.17, 15) is 17.6 Å². The van der Waals surface area contributed by atoms with E-state index in [4.69, 9.17) is 0 Å². The molecule has 0 spiro atoms. The van der Waals surface area contributed by atoms with E-state index in [0.717, 1.165) is 36.3 Å². The second kappa shape index (κ2) is 7.85. The Labute approximate surface area is 156 Å². The van der Waals surface area contributed by atoms with E-state index < -0.39 is 26.6 Å². The number of rotatable bonds is 5. The van der Waals surface area contributed by atoms with Crippen LogP contribution in [0.2, 0.25) is 0 Å². The van der Waals surface area contributed by atoms with Crippen LogP contribution in [0.4, 0.5) is 4.39 Å². The average molecular weight is 397 g/mol. The first-order valence-electron chi connectivity index (χ1n) is 8.53. The lowest BCUT2D eigenvalue weighted by atomic mass is 10.2. The third kappa shape index (κ3) is 3.97. The standard InChI is InChI=1S/C18H21FN2O3S2/c1-13(16-6-5-11-25-16)20-18(22)14-7-8-15(19)17(12-14)26(23,24)21-9-3-2-4-10-21/h5-8,11-13H,2-4,9-10H2,1H3,(H,20,22)/t13-/m0/s1. The Balaban J connectivity index is 1.84. The van der Waals surface area contributed by atoms with E-state index in [1.54, 1.807) is 0 Å². The van der Waals surface area contributed by atoms with E-state index in [0.29, 0.717) is 13.1 Å². The lowest BCUT2D eigenvalue weighted by Gasteiger charge is -2.26. The number of nitrogens with zero attached hydrogens (tertiary/aromatic N) is 1. The summed E-state index contributed by atoms with van der Waals surface area (Å²) in [5, 5.41) is 4.73. The van der Waals surface area contributed by atoms with Gasteiger partial charge in [-0.2, -0.15) is 4.31 Å². The van der Waals surface area contributed by atoms with Crippen molar-refractivity contribution in [3.63, 3.8) is 0 Å². The largest absolute Gasteiger partial charge is 0.345 e. The van der Waals surface area contributed by atoms with Gasteiger partial charge in [0.15, 0.2) is 0 Å². The highest BCUT2D eigenvalue weighted by atomic mass is 32.2. The molecule has 1 atom stereocenters. The predicted molar refractivity (Wildman–Crippen MR) is 99.2 cm³/mol. The Kier molecular flexibility index (Phi) is 5.74. The van der Waals surface area contributed by atoms with Crippen molar-refractivity contribution in [2.24, 2.45) is 0 Å². The number of carbonyl (C=O) groups excluding carboxylic acids is 1. The van der Waals surface area contributed by atoms with Crippen molar-refractivity contribution in [3.8, 4) is 0 Å². The number of halogens is 1. The fourth-order valence-electron chi connectivity index (χ4n) is 2.98. The van der Waals surface area contributed by atoms with E-state index in [1.165, 1.54) is 21.7 Å². The molecular weight excluding hydrogens is 375 g/mol. The van der Waals surface area contributed by atoms with Gasteiger partial charge in [0.2, 0.25) is 10.0 Å². The molecule has 0 saturated carbocycles. The number of hydrogen-bond donors (Lipinski definition) is 1. The van der Waals surface area contributed by atoms with Gasteiger partial charge in [0, 0.05) is 23.5 Å². The molecule has 8 heteroatoms. The van der Waals surface area contributed by atoms with Crippen LogP contribution in [0.15, 0.2) is 40.6 Å². The molecule has 1 aromatic carbocycles. The Morgan fingerprint density at radius 2 is 1.96 bits per heavy atom. The molecular formula is C18H21FN2O3S2. The highest BCUT2D eigenvalue weighted by Crippen LogP contribution is 2.24. The SMILES string of the molecule is C[C@H](NC(=O)c1ccc(F)c(S(=O)(=O)N2CCCCC2)c1)c1cccs1. The first kappa shape index (κ1) is 19.0. The van der Waals surface area contributed by atoms with Gasteiger partial charge in [0.25, 0.3) is 5.91 Å². The highest BCUT2D eigenvalue weighted by molar-refractivity contribution is 7.89. The number of sulfonamides is 1. The molecule has 0 unspecified atom stereocenters. The molecule has 1 aromatic heterocycles. The first-order valence-corrected chi connectivity index (χ1v) is 10.9. The maximum absolute atomic E-state index is 14.2. The lowest BCUT2D eigenvalue weighted by molar-refractivity contribution is 0.0940. The maximum Gasteiger partial charge on any atom is 0.251 e. The first-order chi connectivity index (χ1) is 12.4. The van der Waals surface area contributed by atoms with Crippen LogP contribution in [0.1, 0.15) is 47.5 Å². The monoisotopic (exact) mass is 396 g/mol. The average Bonchev–Trinajstić information content (AvgIpc) is 3.17. The van der Waals surface area contributed by atoms with Crippen molar-refractivity contribution in [2.75, 3.05) is 13.1 Å². The summed E-state index contributed by atoms with van der Waals surface area (Å²) in [6.45, 7) is 2.61. The van der Waals surface area contributed by atoms with Crippen molar-refractivity contribution in [1.82, 2.24) is 9.62 Å². The van der Waals surface area contributed by atoms with E-state index in [-0.39, 0.29) is 11.6 Å². The van der Waals surface area contributed by atoms with Crippen LogP contribution < -0.4 is 5.32 Å². The van der Waals surface area contributed by atoms with Crippen LogP contribution in [0, 0.1) is 5.82 Å². The van der Waals surface area contributed by atoms with Crippen LogP contribution in [0.3, 0.4) is 0 Å². The van der Waals surface area contributed by atoms with Gasteiger partial charge in [-0.25, -0.2) is 12.8 Å². The molecule has 1 N–H and O–H groups in total. The molecule has 2 heterocycles. The predicted octanol–water partition coefficient (Wildman–Crippen LogP) is 3.55. The molecule has 1 aliphatic heterocycles. The van der Waals surface area contributed by atoms with E-state index in [2.05, 4.69) is 5.32 Å². The van der Waals surface area contributed by atoms with Crippen molar-refractivity contribution in [2.45, 2.75) is 37.1 Å². The van der Waals surface area contributed by atoms with Gasteiger partial charge in [-0.15, -0.1) is 11.3 Å². The summed E-state index contributed by atoms with van der Waals surface area (Å²) in [4.78, 5) is 13.0. The minimum atomic E-state index is -3.94. The molecule has 3 rings (SSSR count). The Morgan fingerprint density at radius 1 is 1.23 bits per heavy atom. The zero-order valence-electron chi connectivity index (χ0n) is 14.4. The van der Waals surface area contributed by atoms with Crippen LogP contribution >= 0.6 is 11.3 Å². The third-order valence-electron chi connectivity index (χ3n) is 4.44. The van der Waals surface area contributed by atoms with Crippen LogP contribution in [0.5, 0.6) is 0 Å². The molecule has 1 fully saturated rings. The quantitative estimate of drug-likeness (QED) is 0.840. The minimum absolute atomic E-state index is 0.130. The van der Waals surface area contributed by atoms with Crippen molar-refractivity contribution < 1.29 is 17.6 Å². The summed E-state index contributed by atoms with van der Waals surface area (Å²) in [6.07, 6.45) is 2.50. The molecule has 1 aliphatic rings. The van der Waals surface area contributed by atoms with E-state index >= 15 is 0 Å². The fraction of sp³-hybridized carbons (Fsp3) is 0.389. The number of piperidine rings is 1. The number of carbonyl (C=O) groups is 1. The van der Waals surface area contributed by atoms with Crippen LogP contribution in [-0.2, 0) is 10.0 Å². The van der Waals surface area contributed by atoms with E-state index in [1.807, 2.05) is 24.4 Å². The van der Waals surface area contributed by atoms with Crippen molar-refractivity contribution in [3.05, 3.63) is 52.0 Å². The molecule has 0 aliphatic carbocycles. The van der Waals surface area contributed by atoms with Gasteiger partial charge in [-0.05, 0) is 49.4 Å². The van der Waals surface area contributed by atoms with Gasteiger partial charge in [-0.1, -0.05) is 12.5 Å². The molecule has 140 valence electrons. The number of benzene rings is 1. The van der Waals surface area contributed by atoms with Gasteiger partial charge in [-0.3, -0.25) is 4.79 Å². The van der Waals surface area contributed by atoms with Crippen molar-refractivity contribution >= 4 is 27.3 Å². The van der Waals surface area contributed by atoms with Crippen LogP contribution in [0.25, 0.3) is 0 Å². The Bertz CT molecular complexity index is 876. The molecule has 5 nitrogen and oxygen atoms in total. The summed E-state index contributed by atoms with van der Waals surface area (Å²) in [6, 6.07) is 7.07. The minimum Gasteiger partial charge on any atom is -0.345 e. The molecule has 0 bridgehead atoms. The second-order valence-electron chi connectivity index (χ2n) is 6.32. The van der Waals surface area contributed by atoms with Gasteiger partial charge >= 0.3 is 0 Å². The summed E-state index contributed by atoms with van der Waals surface area (Å²) < 4.78 is 41.0. The fourth-order valence-corrected chi connectivity index (χ4v) is 5.32. The van der Waals surface area contributed by atoms with Crippen molar-refractivity contribution in [1.29, 1.82) is 0 Å². The normalized spacial score (nSPS) is 17.0. The molecule has 1 saturated heterocycles. The molecule has 0 radical (unpaired) electrons. The topological polar surface area (TPSA) is 66.5 Å². The zero-order valence-corrected chi connectivity index (χ0v) is 16.1. The van der Waals surface area contributed by atoms with Gasteiger partial charge in [0.05, 0.1) is 6.04 Å². The number of hydrogen-bond acceptors (Lipinski definition) is 4.